The Kier molecular flexibility index (Phi) is 3.40. The van der Waals surface area contributed by atoms with Gasteiger partial charge in [0.1, 0.15) is 11.8 Å². The minimum absolute atomic E-state index is 0.0784. The topological polar surface area (TPSA) is 52.1 Å². The molecular weight excluding hydrogens is 192 g/mol. The molecule has 0 aliphatic heterocycles. The van der Waals surface area contributed by atoms with Crippen molar-refractivity contribution in [3.8, 4) is 0 Å². The highest BCUT2D eigenvalue weighted by atomic mass is 35.5. The quantitative estimate of drug-likeness (QED) is 0.544. The number of esters is 1. The third-order valence-electron chi connectivity index (χ3n) is 1.20. The number of rotatable bonds is 3. The van der Waals surface area contributed by atoms with Crippen LogP contribution < -0.4 is 0 Å². The van der Waals surface area contributed by atoms with Crippen LogP contribution in [-0.4, -0.2) is 15.9 Å². The number of nitrogens with zero attached hydrogens (tertiary/aromatic N) is 2. The molecule has 0 amide bonds. The first-order valence-electron chi connectivity index (χ1n) is 3.48. The van der Waals surface area contributed by atoms with Crippen molar-refractivity contribution in [1.82, 2.24) is 9.97 Å². The lowest BCUT2D eigenvalue weighted by molar-refractivity contribution is -0.139. The zero-order chi connectivity index (χ0) is 9.68. The average Bonchev–Trinajstić information content (AvgIpc) is 2.16. The molecule has 0 fully saturated rings. The first-order chi connectivity index (χ1) is 6.22. The van der Waals surface area contributed by atoms with Crippen molar-refractivity contribution in [2.75, 3.05) is 0 Å². The van der Waals surface area contributed by atoms with Crippen LogP contribution in [0.5, 0.6) is 0 Å². The smallest absolute Gasteiger partial charge is 0.330 e. The summed E-state index contributed by atoms with van der Waals surface area (Å²) in [4.78, 5) is 18.3. The van der Waals surface area contributed by atoms with Crippen molar-refractivity contribution in [3.63, 3.8) is 0 Å². The summed E-state index contributed by atoms with van der Waals surface area (Å²) >= 11 is 5.50. The number of carbonyl (C=O) groups excluding carboxylic acids is 1. The molecule has 0 unspecified atom stereocenters. The summed E-state index contributed by atoms with van der Waals surface area (Å²) in [6.45, 7) is 3.33. The van der Waals surface area contributed by atoms with Crippen LogP contribution in [0.2, 0.25) is 5.15 Å². The van der Waals surface area contributed by atoms with E-state index in [1.165, 1.54) is 12.4 Å². The van der Waals surface area contributed by atoms with Gasteiger partial charge in [0.05, 0.1) is 18.1 Å². The van der Waals surface area contributed by atoms with Crippen molar-refractivity contribution in [2.24, 2.45) is 0 Å². The van der Waals surface area contributed by atoms with E-state index < -0.39 is 5.97 Å². The molecule has 0 radical (unpaired) electrons. The SMILES string of the molecule is C=CC(=O)OCc1cnc(Cl)cn1. The van der Waals surface area contributed by atoms with Gasteiger partial charge in [-0.15, -0.1) is 0 Å². The fraction of sp³-hybridized carbons (Fsp3) is 0.125. The monoisotopic (exact) mass is 198 g/mol. The molecule has 68 valence electrons. The first kappa shape index (κ1) is 9.67. The summed E-state index contributed by atoms with van der Waals surface area (Å²) in [5.41, 5.74) is 0.541. The van der Waals surface area contributed by atoms with E-state index in [0.29, 0.717) is 10.8 Å². The zero-order valence-electron chi connectivity index (χ0n) is 6.74. The second-order valence-electron chi connectivity index (χ2n) is 2.14. The third-order valence-corrected chi connectivity index (χ3v) is 1.40. The molecule has 0 aliphatic rings. The van der Waals surface area contributed by atoms with Crippen LogP contribution in [0, 0.1) is 0 Å². The van der Waals surface area contributed by atoms with Crippen molar-refractivity contribution in [2.45, 2.75) is 6.61 Å². The fourth-order valence-electron chi connectivity index (χ4n) is 0.618. The molecule has 1 aromatic heterocycles. The maximum Gasteiger partial charge on any atom is 0.330 e. The first-order valence-corrected chi connectivity index (χ1v) is 3.86. The van der Waals surface area contributed by atoms with Crippen LogP contribution in [0.4, 0.5) is 0 Å². The van der Waals surface area contributed by atoms with Gasteiger partial charge in [-0.25, -0.2) is 9.78 Å². The summed E-state index contributed by atoms with van der Waals surface area (Å²) in [6, 6.07) is 0. The van der Waals surface area contributed by atoms with Gasteiger partial charge < -0.3 is 4.74 Å². The maximum absolute atomic E-state index is 10.6. The minimum atomic E-state index is -0.489. The van der Waals surface area contributed by atoms with Crippen LogP contribution in [0.15, 0.2) is 25.0 Å². The fourth-order valence-corrected chi connectivity index (χ4v) is 0.715. The Hall–Kier alpha value is -1.42. The van der Waals surface area contributed by atoms with Crippen LogP contribution in [0.3, 0.4) is 0 Å². The van der Waals surface area contributed by atoms with Crippen molar-refractivity contribution in [3.05, 3.63) is 35.9 Å². The lowest BCUT2D eigenvalue weighted by Crippen LogP contribution is -2.02. The number of hydrogen-bond acceptors (Lipinski definition) is 4. The van der Waals surface area contributed by atoms with Gasteiger partial charge in [-0.3, -0.25) is 4.98 Å². The van der Waals surface area contributed by atoms with E-state index in [9.17, 15) is 4.79 Å². The van der Waals surface area contributed by atoms with Gasteiger partial charge in [-0.1, -0.05) is 18.2 Å². The third kappa shape index (κ3) is 3.21. The lowest BCUT2D eigenvalue weighted by atomic mass is 10.5. The summed E-state index contributed by atoms with van der Waals surface area (Å²) in [5, 5.41) is 0.304. The Labute approximate surface area is 80.2 Å². The second kappa shape index (κ2) is 4.57. The van der Waals surface area contributed by atoms with Crippen LogP contribution in [0.1, 0.15) is 5.69 Å². The Balaban J connectivity index is 2.50. The molecule has 0 bridgehead atoms. The molecule has 0 aliphatic carbocycles. The summed E-state index contributed by atoms with van der Waals surface area (Å²) in [7, 11) is 0. The van der Waals surface area contributed by atoms with E-state index in [1.807, 2.05) is 0 Å². The molecule has 0 atom stereocenters. The number of hydrogen-bond donors (Lipinski definition) is 0. The molecule has 5 heteroatoms. The molecule has 1 rings (SSSR count). The van der Waals surface area contributed by atoms with E-state index in [0.717, 1.165) is 6.08 Å². The largest absolute Gasteiger partial charge is 0.456 e. The maximum atomic E-state index is 10.6. The average molecular weight is 199 g/mol. The predicted molar refractivity (Wildman–Crippen MR) is 47.0 cm³/mol. The Morgan fingerprint density at radius 3 is 2.92 bits per heavy atom. The highest BCUT2D eigenvalue weighted by Crippen LogP contribution is 2.02. The number of ether oxygens (including phenoxy) is 1. The highest BCUT2D eigenvalue weighted by Gasteiger charge is 1.99. The number of carbonyl (C=O) groups is 1. The van der Waals surface area contributed by atoms with Crippen molar-refractivity contribution in [1.29, 1.82) is 0 Å². The van der Waals surface area contributed by atoms with Gasteiger partial charge in [0.15, 0.2) is 0 Å². The lowest BCUT2D eigenvalue weighted by Gasteiger charge is -1.99. The van der Waals surface area contributed by atoms with E-state index in [-0.39, 0.29) is 6.61 Å². The van der Waals surface area contributed by atoms with Gasteiger partial charge in [-0.2, -0.15) is 0 Å². The number of aromatic nitrogens is 2. The van der Waals surface area contributed by atoms with Gasteiger partial charge in [0.2, 0.25) is 0 Å². The molecular formula is C8H7ClN2O2. The zero-order valence-corrected chi connectivity index (χ0v) is 7.49. The van der Waals surface area contributed by atoms with Gasteiger partial charge in [-0.05, 0) is 0 Å². The Bertz CT molecular complexity index is 310. The summed E-state index contributed by atoms with van der Waals surface area (Å²) < 4.78 is 4.71. The number of halogens is 1. The van der Waals surface area contributed by atoms with Gasteiger partial charge in [0.25, 0.3) is 0 Å². The van der Waals surface area contributed by atoms with E-state index in [1.54, 1.807) is 0 Å². The molecule has 1 heterocycles. The molecule has 0 aromatic carbocycles. The molecule has 0 saturated heterocycles. The van der Waals surface area contributed by atoms with Gasteiger partial charge >= 0.3 is 5.97 Å². The Morgan fingerprint density at radius 1 is 1.62 bits per heavy atom. The molecule has 0 saturated carbocycles. The predicted octanol–water partition coefficient (Wildman–Crippen LogP) is 1.36. The van der Waals surface area contributed by atoms with Crippen molar-refractivity contribution >= 4 is 17.6 Å². The van der Waals surface area contributed by atoms with E-state index in [2.05, 4.69) is 16.5 Å². The van der Waals surface area contributed by atoms with Crippen molar-refractivity contribution < 1.29 is 9.53 Å². The van der Waals surface area contributed by atoms with E-state index >= 15 is 0 Å². The van der Waals surface area contributed by atoms with Crippen LogP contribution in [-0.2, 0) is 16.1 Å². The minimum Gasteiger partial charge on any atom is -0.456 e. The molecule has 0 spiro atoms. The highest BCUT2D eigenvalue weighted by molar-refractivity contribution is 6.29. The van der Waals surface area contributed by atoms with Crippen LogP contribution in [0.25, 0.3) is 0 Å². The standard InChI is InChI=1S/C8H7ClN2O2/c1-2-8(12)13-5-6-3-11-7(9)4-10-6/h2-4H,1,5H2. The second-order valence-corrected chi connectivity index (χ2v) is 2.53. The van der Waals surface area contributed by atoms with E-state index in [4.69, 9.17) is 16.3 Å². The Morgan fingerprint density at radius 2 is 2.38 bits per heavy atom. The molecule has 0 N–H and O–H groups in total. The molecule has 1 aromatic rings. The molecule has 4 nitrogen and oxygen atoms in total. The normalized spacial score (nSPS) is 9.31. The summed E-state index contributed by atoms with van der Waals surface area (Å²) in [5.74, 6) is -0.489. The van der Waals surface area contributed by atoms with Gasteiger partial charge in [0, 0.05) is 6.08 Å². The van der Waals surface area contributed by atoms with Crippen LogP contribution >= 0.6 is 11.6 Å². The molecule has 13 heavy (non-hydrogen) atoms. The summed E-state index contributed by atoms with van der Waals surface area (Å²) in [6.07, 6.45) is 3.92.